The highest BCUT2D eigenvalue weighted by molar-refractivity contribution is 6.01. The Balaban J connectivity index is 2.27. The topological polar surface area (TPSA) is 37.3 Å². The van der Waals surface area contributed by atoms with Crippen LogP contribution in [0.5, 0.6) is 0 Å². The predicted molar refractivity (Wildman–Crippen MR) is 54.1 cm³/mol. The maximum atomic E-state index is 12.9. The van der Waals surface area contributed by atoms with Gasteiger partial charge in [0.1, 0.15) is 5.82 Å². The zero-order valence-electron chi connectivity index (χ0n) is 8.37. The van der Waals surface area contributed by atoms with Crippen LogP contribution in [-0.4, -0.2) is 17.5 Å². The summed E-state index contributed by atoms with van der Waals surface area (Å²) in [5, 5.41) is 9.22. The number of hydrogen-bond acceptors (Lipinski definition) is 2. The minimum absolute atomic E-state index is 0.129. The van der Waals surface area contributed by atoms with E-state index in [0.29, 0.717) is 18.4 Å². The molecule has 1 aliphatic rings. The van der Waals surface area contributed by atoms with Gasteiger partial charge in [-0.05, 0) is 25.0 Å². The van der Waals surface area contributed by atoms with Gasteiger partial charge < -0.3 is 5.11 Å². The zero-order valence-corrected chi connectivity index (χ0v) is 8.37. The molecule has 1 N–H and O–H groups in total. The first-order valence-corrected chi connectivity index (χ1v) is 5.09. The summed E-state index contributed by atoms with van der Waals surface area (Å²) >= 11 is 0. The third-order valence-corrected chi connectivity index (χ3v) is 3.18. The monoisotopic (exact) mass is 208 g/mol. The van der Waals surface area contributed by atoms with E-state index in [9.17, 15) is 14.3 Å². The van der Waals surface area contributed by atoms with Crippen LogP contribution >= 0.6 is 0 Å². The van der Waals surface area contributed by atoms with E-state index < -0.39 is 11.2 Å². The summed E-state index contributed by atoms with van der Waals surface area (Å²) in [4.78, 5) is 12.0. The quantitative estimate of drug-likeness (QED) is 0.773. The summed E-state index contributed by atoms with van der Waals surface area (Å²) in [6.07, 6.45) is 2.37. The maximum absolute atomic E-state index is 12.9. The molecule has 1 saturated carbocycles. The van der Waals surface area contributed by atoms with Crippen LogP contribution in [0.2, 0.25) is 0 Å². The van der Waals surface area contributed by atoms with Crippen LogP contribution in [0.1, 0.15) is 29.6 Å². The molecule has 1 aromatic carbocycles. The molecule has 1 aliphatic carbocycles. The molecule has 0 saturated heterocycles. The molecule has 2 nitrogen and oxygen atoms in total. The second-order valence-electron chi connectivity index (χ2n) is 4.13. The molecule has 0 unspecified atom stereocenters. The molecule has 0 aromatic heterocycles. The molecular formula is C12H13FO2. The van der Waals surface area contributed by atoms with E-state index in [4.69, 9.17) is 0 Å². The molecule has 3 heteroatoms. The average molecular weight is 208 g/mol. The fourth-order valence-corrected chi connectivity index (χ4v) is 2.00. The number of rotatable bonds is 3. The Labute approximate surface area is 87.7 Å². The summed E-state index contributed by atoms with van der Waals surface area (Å²) < 4.78 is 12.9. The van der Waals surface area contributed by atoms with Crippen LogP contribution in [-0.2, 0) is 0 Å². The standard InChI is InChI=1S/C12H13FO2/c13-10-4-1-3-9(7-10)11(15)12(8-14)5-2-6-12/h1,3-4,7,14H,2,5-6,8H2. The van der Waals surface area contributed by atoms with Crippen molar-refractivity contribution in [2.75, 3.05) is 6.61 Å². The van der Waals surface area contributed by atoms with E-state index in [0.717, 1.165) is 6.42 Å². The van der Waals surface area contributed by atoms with Crippen molar-refractivity contribution in [1.29, 1.82) is 0 Å². The van der Waals surface area contributed by atoms with Crippen molar-refractivity contribution in [1.82, 2.24) is 0 Å². The Morgan fingerprint density at radius 1 is 1.47 bits per heavy atom. The molecule has 0 spiro atoms. The summed E-state index contributed by atoms with van der Waals surface area (Å²) in [6.45, 7) is -0.137. The highest BCUT2D eigenvalue weighted by Gasteiger charge is 2.43. The van der Waals surface area contributed by atoms with Crippen LogP contribution in [0.25, 0.3) is 0 Å². The van der Waals surface area contributed by atoms with E-state index in [1.165, 1.54) is 18.2 Å². The number of aliphatic hydroxyl groups excluding tert-OH is 1. The highest BCUT2D eigenvalue weighted by Crippen LogP contribution is 2.43. The Bertz CT molecular complexity index is 377. The normalized spacial score (nSPS) is 18.3. The van der Waals surface area contributed by atoms with Crippen molar-refractivity contribution in [2.45, 2.75) is 19.3 Å². The Morgan fingerprint density at radius 2 is 2.20 bits per heavy atom. The first kappa shape index (κ1) is 10.3. The summed E-state index contributed by atoms with van der Waals surface area (Å²) in [6, 6.07) is 5.66. The molecule has 0 bridgehead atoms. The SMILES string of the molecule is O=C(c1cccc(F)c1)C1(CO)CCC1. The largest absolute Gasteiger partial charge is 0.395 e. The molecule has 2 rings (SSSR count). The van der Waals surface area contributed by atoms with Crippen LogP contribution in [0.3, 0.4) is 0 Å². The van der Waals surface area contributed by atoms with Gasteiger partial charge in [-0.25, -0.2) is 4.39 Å². The van der Waals surface area contributed by atoms with E-state index >= 15 is 0 Å². The average Bonchev–Trinajstić information content (AvgIpc) is 2.17. The molecule has 80 valence electrons. The van der Waals surface area contributed by atoms with Gasteiger partial charge in [-0.15, -0.1) is 0 Å². The second kappa shape index (κ2) is 3.74. The van der Waals surface area contributed by atoms with Crippen LogP contribution in [0, 0.1) is 11.2 Å². The van der Waals surface area contributed by atoms with Crippen molar-refractivity contribution in [3.05, 3.63) is 35.6 Å². The molecule has 15 heavy (non-hydrogen) atoms. The van der Waals surface area contributed by atoms with Crippen LogP contribution < -0.4 is 0 Å². The number of ketones is 1. The van der Waals surface area contributed by atoms with Crippen LogP contribution in [0.15, 0.2) is 24.3 Å². The third kappa shape index (κ3) is 1.67. The number of Topliss-reactive ketones (excluding diaryl/α,β-unsaturated/α-hetero) is 1. The van der Waals surface area contributed by atoms with Gasteiger partial charge in [0.05, 0.1) is 12.0 Å². The summed E-state index contributed by atoms with van der Waals surface area (Å²) in [5.74, 6) is -0.538. The lowest BCUT2D eigenvalue weighted by atomic mass is 9.65. The first-order valence-electron chi connectivity index (χ1n) is 5.09. The molecule has 1 aromatic rings. The fourth-order valence-electron chi connectivity index (χ4n) is 2.00. The predicted octanol–water partition coefficient (Wildman–Crippen LogP) is 2.17. The van der Waals surface area contributed by atoms with Crippen LogP contribution in [0.4, 0.5) is 4.39 Å². The molecule has 0 radical (unpaired) electrons. The molecule has 0 amide bonds. The van der Waals surface area contributed by atoms with E-state index in [-0.39, 0.29) is 12.4 Å². The lowest BCUT2D eigenvalue weighted by Crippen LogP contribution is -2.41. The zero-order chi connectivity index (χ0) is 10.9. The maximum Gasteiger partial charge on any atom is 0.171 e. The van der Waals surface area contributed by atoms with Crippen molar-refractivity contribution >= 4 is 5.78 Å². The number of hydrogen-bond donors (Lipinski definition) is 1. The van der Waals surface area contributed by atoms with Gasteiger partial charge in [0.25, 0.3) is 0 Å². The van der Waals surface area contributed by atoms with E-state index in [2.05, 4.69) is 0 Å². The lowest BCUT2D eigenvalue weighted by molar-refractivity contribution is 0.0347. The first-order chi connectivity index (χ1) is 7.18. The van der Waals surface area contributed by atoms with Gasteiger partial charge in [-0.3, -0.25) is 4.79 Å². The third-order valence-electron chi connectivity index (χ3n) is 3.18. The van der Waals surface area contributed by atoms with Gasteiger partial charge in [0.15, 0.2) is 5.78 Å². The van der Waals surface area contributed by atoms with Gasteiger partial charge in [0.2, 0.25) is 0 Å². The fraction of sp³-hybridized carbons (Fsp3) is 0.417. The van der Waals surface area contributed by atoms with Gasteiger partial charge in [-0.2, -0.15) is 0 Å². The molecular weight excluding hydrogens is 195 g/mol. The smallest absolute Gasteiger partial charge is 0.171 e. The molecule has 0 atom stereocenters. The minimum atomic E-state index is -0.631. The van der Waals surface area contributed by atoms with E-state index in [1.807, 2.05) is 0 Å². The minimum Gasteiger partial charge on any atom is -0.395 e. The molecule has 1 fully saturated rings. The number of aliphatic hydroxyl groups is 1. The number of benzene rings is 1. The van der Waals surface area contributed by atoms with Gasteiger partial charge >= 0.3 is 0 Å². The lowest BCUT2D eigenvalue weighted by Gasteiger charge is -2.38. The van der Waals surface area contributed by atoms with Crippen molar-refractivity contribution in [3.63, 3.8) is 0 Å². The van der Waals surface area contributed by atoms with Crippen molar-refractivity contribution < 1.29 is 14.3 Å². The molecule has 0 heterocycles. The van der Waals surface area contributed by atoms with Crippen molar-refractivity contribution in [3.8, 4) is 0 Å². The Hall–Kier alpha value is -1.22. The summed E-state index contributed by atoms with van der Waals surface area (Å²) in [7, 11) is 0. The highest BCUT2D eigenvalue weighted by atomic mass is 19.1. The number of carbonyl (C=O) groups is 1. The van der Waals surface area contributed by atoms with Gasteiger partial charge in [0, 0.05) is 5.56 Å². The summed E-state index contributed by atoms with van der Waals surface area (Å²) in [5.41, 5.74) is -0.267. The van der Waals surface area contributed by atoms with Crippen molar-refractivity contribution in [2.24, 2.45) is 5.41 Å². The Kier molecular flexibility index (Phi) is 2.57. The molecule has 0 aliphatic heterocycles. The van der Waals surface area contributed by atoms with Gasteiger partial charge in [-0.1, -0.05) is 18.6 Å². The van der Waals surface area contributed by atoms with E-state index in [1.54, 1.807) is 6.07 Å². The second-order valence-corrected chi connectivity index (χ2v) is 4.13. The number of carbonyl (C=O) groups excluding carboxylic acids is 1. The number of halogens is 1. The Morgan fingerprint density at radius 3 is 2.67 bits per heavy atom.